The highest BCUT2D eigenvalue weighted by atomic mass is 35.5. The zero-order valence-corrected chi connectivity index (χ0v) is 21.0. The van der Waals surface area contributed by atoms with Gasteiger partial charge in [0.15, 0.2) is 17.7 Å². The van der Waals surface area contributed by atoms with Crippen molar-refractivity contribution in [2.24, 2.45) is 5.73 Å². The van der Waals surface area contributed by atoms with Crippen molar-refractivity contribution in [2.75, 3.05) is 33.9 Å². The number of nitrogens with two attached hydrogens (primary N) is 1. The lowest BCUT2D eigenvalue weighted by Crippen LogP contribution is -2.36. The molecule has 35 heavy (non-hydrogen) atoms. The van der Waals surface area contributed by atoms with E-state index in [9.17, 15) is 4.79 Å². The molecule has 10 heteroatoms. The number of carbonyl (C=O) groups excluding carboxylic acids is 1. The normalized spacial score (nSPS) is 15.5. The molecule has 1 saturated heterocycles. The van der Waals surface area contributed by atoms with Gasteiger partial charge in [-0.05, 0) is 38.4 Å². The molecule has 0 bridgehead atoms. The molecule has 2 aromatic rings. The molecule has 0 saturated carbocycles. The Morgan fingerprint density at radius 1 is 1.29 bits per heavy atom. The van der Waals surface area contributed by atoms with Crippen LogP contribution >= 0.6 is 11.8 Å². The van der Waals surface area contributed by atoms with Crippen LogP contribution in [0.15, 0.2) is 36.4 Å². The second-order valence-corrected chi connectivity index (χ2v) is 8.87. The molecule has 1 unspecified atom stereocenters. The highest BCUT2D eigenvalue weighted by Gasteiger charge is 2.31. The van der Waals surface area contributed by atoms with E-state index < -0.39 is 17.8 Å². The summed E-state index contributed by atoms with van der Waals surface area (Å²) < 4.78 is 33.6. The van der Waals surface area contributed by atoms with Crippen molar-refractivity contribution in [3.8, 4) is 11.5 Å². The molecule has 0 aliphatic carbocycles. The third-order valence-electron chi connectivity index (χ3n) is 5.88. The van der Waals surface area contributed by atoms with Crippen LogP contribution in [0.4, 0.5) is 4.39 Å². The first-order valence-corrected chi connectivity index (χ1v) is 11.8. The van der Waals surface area contributed by atoms with Crippen molar-refractivity contribution in [3.05, 3.63) is 58.9 Å². The Balaban J connectivity index is 1.83. The molecule has 2 aromatic carbocycles. The molecule has 0 radical (unpaired) electrons. The second kappa shape index (κ2) is 12.2. The van der Waals surface area contributed by atoms with Gasteiger partial charge in [-0.3, -0.25) is 10.2 Å². The Bertz CT molecular complexity index is 1030. The molecule has 190 valence electrons. The Labute approximate surface area is 210 Å². The maximum Gasteiger partial charge on any atom is 0.271 e. The van der Waals surface area contributed by atoms with Crippen LogP contribution in [0.25, 0.3) is 0 Å². The van der Waals surface area contributed by atoms with E-state index in [1.807, 2.05) is 14.0 Å². The van der Waals surface area contributed by atoms with E-state index >= 15 is 4.39 Å². The summed E-state index contributed by atoms with van der Waals surface area (Å²) in [6.45, 7) is 3.94. The predicted molar refractivity (Wildman–Crippen MR) is 132 cm³/mol. The number of carbonyl (C=O) groups is 1. The van der Waals surface area contributed by atoms with Crippen molar-refractivity contribution < 1.29 is 23.4 Å². The molecular formula is C25H32ClFN4O4. The summed E-state index contributed by atoms with van der Waals surface area (Å²) in [6.07, 6.45) is 0.109. The number of piperidine rings is 1. The van der Waals surface area contributed by atoms with E-state index in [2.05, 4.69) is 4.90 Å². The number of benzene rings is 2. The first-order chi connectivity index (χ1) is 16.7. The summed E-state index contributed by atoms with van der Waals surface area (Å²) in [5, 5.41) is 7.48. The minimum Gasteiger partial charge on any atom is -0.494 e. The minimum absolute atomic E-state index is 0.0102. The summed E-state index contributed by atoms with van der Waals surface area (Å²) in [6, 6.07) is 9.71. The lowest BCUT2D eigenvalue weighted by molar-refractivity contribution is -0.138. The fourth-order valence-corrected chi connectivity index (χ4v) is 4.14. The van der Waals surface area contributed by atoms with Gasteiger partial charge in [0.25, 0.3) is 5.91 Å². The zero-order chi connectivity index (χ0) is 25.5. The first-order valence-electron chi connectivity index (χ1n) is 11.5. The topological polar surface area (TPSA) is 101 Å². The van der Waals surface area contributed by atoms with Crippen molar-refractivity contribution in [1.82, 2.24) is 9.32 Å². The largest absolute Gasteiger partial charge is 0.494 e. The van der Waals surface area contributed by atoms with Crippen LogP contribution in [0, 0.1) is 11.2 Å². The number of rotatable bonds is 10. The Morgan fingerprint density at radius 3 is 2.51 bits per heavy atom. The summed E-state index contributed by atoms with van der Waals surface area (Å²) >= 11 is 6.30. The SMILES string of the molecule is CCOc1cc(OC2CCN(C)CC2)c(F)c(C(OC)C(=O)N(Cl)Cc2ccc(C(=N)N)cc2)c1. The highest BCUT2D eigenvalue weighted by molar-refractivity contribution is 6.21. The molecule has 3 N–H and O–H groups in total. The third kappa shape index (κ3) is 6.84. The smallest absolute Gasteiger partial charge is 0.271 e. The molecule has 1 atom stereocenters. The van der Waals surface area contributed by atoms with E-state index in [1.165, 1.54) is 19.2 Å². The number of halogens is 2. The molecule has 1 amide bonds. The number of hydrogen-bond acceptors (Lipinski definition) is 6. The molecule has 1 heterocycles. The van der Waals surface area contributed by atoms with Crippen LogP contribution in [0.2, 0.25) is 0 Å². The van der Waals surface area contributed by atoms with E-state index in [4.69, 9.17) is 37.1 Å². The maximum atomic E-state index is 15.6. The number of ether oxygens (including phenoxy) is 3. The average Bonchev–Trinajstić information content (AvgIpc) is 2.84. The quantitative estimate of drug-likeness (QED) is 0.288. The van der Waals surface area contributed by atoms with Crippen molar-refractivity contribution in [3.63, 3.8) is 0 Å². The number of amides is 1. The van der Waals surface area contributed by atoms with Gasteiger partial charge in [0.1, 0.15) is 17.7 Å². The molecule has 1 aliphatic rings. The fraction of sp³-hybridized carbons (Fsp3) is 0.440. The summed E-state index contributed by atoms with van der Waals surface area (Å²) in [5.74, 6) is -0.970. The molecule has 1 fully saturated rings. The predicted octanol–water partition coefficient (Wildman–Crippen LogP) is 3.85. The lowest BCUT2D eigenvalue weighted by atomic mass is 10.1. The summed E-state index contributed by atoms with van der Waals surface area (Å²) in [5.41, 5.74) is 6.74. The highest BCUT2D eigenvalue weighted by Crippen LogP contribution is 2.35. The van der Waals surface area contributed by atoms with E-state index in [-0.39, 0.29) is 29.8 Å². The van der Waals surface area contributed by atoms with Crippen LogP contribution in [-0.4, -0.2) is 61.0 Å². The maximum absolute atomic E-state index is 15.6. The average molecular weight is 507 g/mol. The van der Waals surface area contributed by atoms with Gasteiger partial charge in [-0.1, -0.05) is 24.3 Å². The molecular weight excluding hydrogens is 475 g/mol. The molecule has 1 aliphatic heterocycles. The van der Waals surface area contributed by atoms with Gasteiger partial charge in [-0.25, -0.2) is 8.81 Å². The van der Waals surface area contributed by atoms with Crippen LogP contribution in [0.3, 0.4) is 0 Å². The van der Waals surface area contributed by atoms with Crippen molar-refractivity contribution >= 4 is 23.5 Å². The van der Waals surface area contributed by atoms with Gasteiger partial charge < -0.3 is 24.8 Å². The van der Waals surface area contributed by atoms with Gasteiger partial charge in [-0.2, -0.15) is 0 Å². The number of nitrogens with one attached hydrogen (secondary N) is 1. The molecule has 3 rings (SSSR count). The Kier molecular flexibility index (Phi) is 9.31. The molecule has 0 spiro atoms. The van der Waals surface area contributed by atoms with Gasteiger partial charge in [-0.15, -0.1) is 0 Å². The zero-order valence-electron chi connectivity index (χ0n) is 20.2. The number of nitrogens with zero attached hydrogens (tertiary/aromatic N) is 2. The van der Waals surface area contributed by atoms with Gasteiger partial charge in [0.05, 0.1) is 13.2 Å². The second-order valence-electron chi connectivity index (χ2n) is 8.46. The van der Waals surface area contributed by atoms with Crippen LogP contribution in [0.5, 0.6) is 11.5 Å². The summed E-state index contributed by atoms with van der Waals surface area (Å²) in [4.78, 5) is 15.4. The summed E-state index contributed by atoms with van der Waals surface area (Å²) in [7, 11) is 3.36. The number of methoxy groups -OCH3 is 1. The number of hydrogen-bond donors (Lipinski definition) is 2. The van der Waals surface area contributed by atoms with Crippen LogP contribution < -0.4 is 15.2 Å². The number of amidine groups is 1. The number of nitrogen functional groups attached to an aromatic ring is 1. The lowest BCUT2D eigenvalue weighted by Gasteiger charge is -2.30. The van der Waals surface area contributed by atoms with Crippen molar-refractivity contribution in [1.29, 1.82) is 5.41 Å². The molecule has 0 aromatic heterocycles. The standard InChI is InChI=1S/C25H32ClFN4O4/c1-4-34-19-13-20(22(27)21(14-19)35-18-9-11-30(2)12-10-18)23(33-3)25(32)31(26)15-16-5-7-17(8-6-16)24(28)29/h5-8,13-14,18,23H,4,9-12,15H2,1-3H3,(H3,28,29). The van der Waals surface area contributed by atoms with E-state index in [0.29, 0.717) is 23.5 Å². The van der Waals surface area contributed by atoms with Crippen molar-refractivity contribution in [2.45, 2.75) is 38.5 Å². The Hall–Kier alpha value is -2.88. The minimum atomic E-state index is -1.30. The first kappa shape index (κ1) is 26.7. The fourth-order valence-electron chi connectivity index (χ4n) is 3.92. The van der Waals surface area contributed by atoms with E-state index in [1.54, 1.807) is 24.3 Å². The van der Waals surface area contributed by atoms with E-state index in [0.717, 1.165) is 30.4 Å². The van der Waals surface area contributed by atoms with Gasteiger partial charge >= 0.3 is 0 Å². The third-order valence-corrected chi connectivity index (χ3v) is 6.17. The Morgan fingerprint density at radius 2 is 1.94 bits per heavy atom. The van der Waals surface area contributed by atoms with Gasteiger partial charge in [0.2, 0.25) is 0 Å². The number of likely N-dealkylation sites (tertiary alicyclic amines) is 1. The monoisotopic (exact) mass is 506 g/mol. The van der Waals surface area contributed by atoms with Crippen LogP contribution in [0.1, 0.15) is 42.6 Å². The molecule has 8 nitrogen and oxygen atoms in total. The van der Waals surface area contributed by atoms with Gasteiger partial charge in [0, 0.05) is 49.2 Å². The van der Waals surface area contributed by atoms with Crippen LogP contribution in [-0.2, 0) is 16.1 Å².